The summed E-state index contributed by atoms with van der Waals surface area (Å²) in [5.41, 5.74) is 1.33. The molecule has 212 valence electrons. The lowest BCUT2D eigenvalue weighted by molar-refractivity contribution is -0.122. The number of ether oxygens (including phenoxy) is 2. The van der Waals surface area contributed by atoms with Crippen LogP contribution >= 0.6 is 11.3 Å². The van der Waals surface area contributed by atoms with Crippen LogP contribution in [0.15, 0.2) is 29.8 Å². The number of carbonyl (C=O) groups excluding carboxylic acids is 3. The third kappa shape index (κ3) is 5.79. The Morgan fingerprint density at radius 2 is 2.12 bits per heavy atom. The molecule has 3 aromatic rings. The van der Waals surface area contributed by atoms with Gasteiger partial charge in [0.15, 0.2) is 11.5 Å². The van der Waals surface area contributed by atoms with Crippen LogP contribution in [0.3, 0.4) is 0 Å². The quantitative estimate of drug-likeness (QED) is 0.508. The number of likely N-dealkylation sites (tertiary alicyclic amines) is 1. The molecule has 3 amide bonds. The summed E-state index contributed by atoms with van der Waals surface area (Å²) in [7, 11) is 3.19. The molecule has 1 fully saturated rings. The normalized spacial score (nSPS) is 20.0. The van der Waals surface area contributed by atoms with Crippen molar-refractivity contribution in [3.8, 4) is 11.5 Å². The van der Waals surface area contributed by atoms with Crippen LogP contribution in [0, 0.1) is 5.92 Å². The average molecular weight is 568 g/mol. The summed E-state index contributed by atoms with van der Waals surface area (Å²) in [4.78, 5) is 47.3. The summed E-state index contributed by atoms with van der Waals surface area (Å²) in [6.45, 7) is 3.52. The van der Waals surface area contributed by atoms with Crippen LogP contribution in [0.2, 0.25) is 0 Å². The molecule has 12 nitrogen and oxygen atoms in total. The third-order valence-electron chi connectivity index (χ3n) is 7.18. The van der Waals surface area contributed by atoms with Gasteiger partial charge in [0.05, 0.1) is 29.9 Å². The summed E-state index contributed by atoms with van der Waals surface area (Å²) in [5.74, 6) is 0.00467. The Kier molecular flexibility index (Phi) is 8.29. The lowest BCUT2D eigenvalue weighted by Gasteiger charge is -2.21. The second-order valence-electron chi connectivity index (χ2n) is 10.0. The Balaban J connectivity index is 1.41. The topological polar surface area (TPSA) is 132 Å². The number of para-hydroxylation sites is 1. The van der Waals surface area contributed by atoms with Crippen molar-refractivity contribution in [2.75, 3.05) is 40.3 Å². The molecule has 2 aliphatic rings. The van der Waals surface area contributed by atoms with Gasteiger partial charge in [-0.2, -0.15) is 0 Å². The van der Waals surface area contributed by atoms with Crippen LogP contribution in [0.25, 0.3) is 0 Å². The molecule has 2 bridgehead atoms. The van der Waals surface area contributed by atoms with Gasteiger partial charge >= 0.3 is 0 Å². The maximum absolute atomic E-state index is 13.3. The molecular weight excluding hydrogens is 534 g/mol. The summed E-state index contributed by atoms with van der Waals surface area (Å²) < 4.78 is 13.2. The van der Waals surface area contributed by atoms with Crippen molar-refractivity contribution < 1.29 is 23.9 Å². The molecule has 2 aliphatic heterocycles. The van der Waals surface area contributed by atoms with E-state index in [4.69, 9.17) is 9.47 Å². The van der Waals surface area contributed by atoms with E-state index in [1.165, 1.54) is 23.3 Å². The minimum absolute atomic E-state index is 0.0594. The lowest BCUT2D eigenvalue weighted by Crippen LogP contribution is -2.37. The number of nitrogens with one attached hydrogen (secondary N) is 1. The third-order valence-corrected chi connectivity index (χ3v) is 8.09. The number of benzene rings is 1. The number of aryl methyl sites for hydroxylation is 1. The predicted molar refractivity (Wildman–Crippen MR) is 146 cm³/mol. The van der Waals surface area contributed by atoms with E-state index < -0.39 is 0 Å². The van der Waals surface area contributed by atoms with Gasteiger partial charge in [-0.15, -0.1) is 16.4 Å². The molecule has 1 saturated heterocycles. The van der Waals surface area contributed by atoms with Crippen LogP contribution in [0.5, 0.6) is 11.5 Å². The fourth-order valence-corrected chi connectivity index (χ4v) is 5.96. The van der Waals surface area contributed by atoms with Crippen LogP contribution in [0.4, 0.5) is 0 Å². The first kappa shape index (κ1) is 27.6. The maximum Gasteiger partial charge on any atom is 0.273 e. The van der Waals surface area contributed by atoms with Gasteiger partial charge in [0.25, 0.3) is 11.8 Å². The van der Waals surface area contributed by atoms with E-state index in [2.05, 4.69) is 27.5 Å². The van der Waals surface area contributed by atoms with E-state index in [0.717, 1.165) is 17.8 Å². The molecule has 5 rings (SSSR count). The number of methoxy groups -OCH3 is 1. The highest BCUT2D eigenvalue weighted by atomic mass is 32.1. The highest BCUT2D eigenvalue weighted by molar-refractivity contribution is 7.09. The van der Waals surface area contributed by atoms with Crippen molar-refractivity contribution in [2.24, 2.45) is 5.92 Å². The lowest BCUT2D eigenvalue weighted by atomic mass is 9.99. The van der Waals surface area contributed by atoms with Gasteiger partial charge < -0.3 is 24.6 Å². The van der Waals surface area contributed by atoms with Crippen molar-refractivity contribution in [3.63, 3.8) is 0 Å². The fraction of sp³-hybridized carbons (Fsp3) is 0.481. The molecule has 0 saturated carbocycles. The largest absolute Gasteiger partial charge is 0.493 e. The Hall–Kier alpha value is -4.00. The summed E-state index contributed by atoms with van der Waals surface area (Å²) in [6.07, 6.45) is 3.77. The van der Waals surface area contributed by atoms with Crippen LogP contribution in [0.1, 0.15) is 57.4 Å². The Labute approximate surface area is 236 Å². The molecule has 2 aromatic heterocycles. The second-order valence-corrected chi connectivity index (χ2v) is 11.0. The Morgan fingerprint density at radius 1 is 1.27 bits per heavy atom. The number of thiazole rings is 1. The highest BCUT2D eigenvalue weighted by Gasteiger charge is 2.39. The van der Waals surface area contributed by atoms with Gasteiger partial charge in [0.2, 0.25) is 5.91 Å². The molecule has 40 heavy (non-hydrogen) atoms. The van der Waals surface area contributed by atoms with Gasteiger partial charge in [-0.1, -0.05) is 18.2 Å². The monoisotopic (exact) mass is 567 g/mol. The number of hydrogen-bond donors (Lipinski definition) is 1. The van der Waals surface area contributed by atoms with Crippen molar-refractivity contribution in [3.05, 3.63) is 51.7 Å². The summed E-state index contributed by atoms with van der Waals surface area (Å²) in [6, 6.07) is 4.89. The van der Waals surface area contributed by atoms with E-state index in [9.17, 15) is 14.4 Å². The van der Waals surface area contributed by atoms with Crippen molar-refractivity contribution in [1.82, 2.24) is 35.1 Å². The number of carbonyl (C=O) groups is 3. The smallest absolute Gasteiger partial charge is 0.273 e. The van der Waals surface area contributed by atoms with E-state index in [1.807, 2.05) is 0 Å². The Morgan fingerprint density at radius 3 is 2.92 bits per heavy atom. The number of likely N-dealkylation sites (N-methyl/N-ethyl adjacent to an activating group) is 1. The van der Waals surface area contributed by atoms with Crippen molar-refractivity contribution >= 4 is 29.1 Å². The van der Waals surface area contributed by atoms with E-state index in [-0.39, 0.29) is 49.3 Å². The van der Waals surface area contributed by atoms with Crippen LogP contribution in [-0.2, 0) is 17.8 Å². The maximum atomic E-state index is 13.3. The summed E-state index contributed by atoms with van der Waals surface area (Å²) >= 11 is 1.49. The van der Waals surface area contributed by atoms with Gasteiger partial charge in [0.1, 0.15) is 18.0 Å². The number of hydrogen-bond acceptors (Lipinski definition) is 9. The van der Waals surface area contributed by atoms with E-state index in [0.29, 0.717) is 48.1 Å². The predicted octanol–water partition coefficient (Wildman–Crippen LogP) is 2.18. The number of rotatable bonds is 4. The van der Waals surface area contributed by atoms with Gasteiger partial charge in [0, 0.05) is 50.9 Å². The Bertz CT molecular complexity index is 1390. The first-order chi connectivity index (χ1) is 19.4. The van der Waals surface area contributed by atoms with Crippen molar-refractivity contribution in [1.29, 1.82) is 0 Å². The number of amides is 3. The highest BCUT2D eigenvalue weighted by Crippen LogP contribution is 2.34. The van der Waals surface area contributed by atoms with E-state index >= 15 is 0 Å². The SMILES string of the molecule is CCCc1nc(C(=O)N2C[C@@H]3CC(=O)NCCN(C)C(=O)c4cccc(OC)c4OCc4cn(nn4)[C@@H]3C2)cs1. The number of nitrogens with zero attached hydrogens (tertiary/aromatic N) is 6. The molecule has 0 radical (unpaired) electrons. The first-order valence-electron chi connectivity index (χ1n) is 13.3. The zero-order valence-electron chi connectivity index (χ0n) is 22.8. The number of aromatic nitrogens is 4. The first-order valence-corrected chi connectivity index (χ1v) is 14.2. The molecule has 1 aromatic carbocycles. The molecule has 0 unspecified atom stereocenters. The number of fused-ring (bicyclic) bond motifs is 5. The second kappa shape index (κ2) is 12.0. The van der Waals surface area contributed by atoms with Crippen LogP contribution < -0.4 is 14.8 Å². The molecule has 0 aliphatic carbocycles. The van der Waals surface area contributed by atoms with Gasteiger partial charge in [-0.05, 0) is 25.0 Å². The molecule has 13 heteroatoms. The minimum Gasteiger partial charge on any atom is -0.493 e. The zero-order chi connectivity index (χ0) is 28.2. The standard InChI is InChI=1S/C27H33N7O5S/c1-4-6-24-29-20(16-40-24)27(37)33-12-17-11-23(35)28-9-10-32(2)26(36)19-7-5-8-22(38-3)25(19)39-15-18-13-34(31-30-18)21(17)14-33/h5,7-8,13,16-17,21H,4,6,9-12,14-15H2,1-3H3,(H,28,35)/t17-,21+/m0/s1. The summed E-state index contributed by atoms with van der Waals surface area (Å²) in [5, 5.41) is 14.3. The van der Waals surface area contributed by atoms with E-state index in [1.54, 1.807) is 46.4 Å². The zero-order valence-corrected chi connectivity index (χ0v) is 23.6. The van der Waals surface area contributed by atoms with Gasteiger partial charge in [-0.25, -0.2) is 9.67 Å². The molecule has 4 heterocycles. The minimum atomic E-state index is -0.256. The molecule has 0 spiro atoms. The van der Waals surface area contributed by atoms with Crippen molar-refractivity contribution in [2.45, 2.75) is 38.8 Å². The van der Waals surface area contributed by atoms with Crippen LogP contribution in [-0.4, -0.2) is 87.8 Å². The molecule has 2 atom stereocenters. The molecule has 1 N–H and O–H groups in total. The fourth-order valence-electron chi connectivity index (χ4n) is 5.08. The average Bonchev–Trinajstić information content (AvgIpc) is 3.71. The van der Waals surface area contributed by atoms with Gasteiger partial charge in [-0.3, -0.25) is 14.4 Å². The molecular formula is C27H33N7O5S.